The van der Waals surface area contributed by atoms with E-state index in [-0.39, 0.29) is 24.7 Å². The van der Waals surface area contributed by atoms with Crippen molar-refractivity contribution >= 4 is 32.7 Å². The second-order valence-corrected chi connectivity index (χ2v) is 6.92. The standard InChI is InChI=1S/C18H15F2N3O2S/c19-11-5-6-12(13(20)9-11)15-10-23(7-8-25-15)18(24)22-17-21-14-3-1-2-4-16(14)26-17/h1-6,9,15H,7-8,10H2,(H,21,22,24). The number of nitrogens with one attached hydrogen (secondary N) is 1. The quantitative estimate of drug-likeness (QED) is 0.731. The summed E-state index contributed by atoms with van der Waals surface area (Å²) in [5.74, 6) is -1.32. The fourth-order valence-electron chi connectivity index (χ4n) is 2.88. The van der Waals surface area contributed by atoms with Gasteiger partial charge in [0, 0.05) is 18.2 Å². The number of carbonyl (C=O) groups excluding carboxylic acids is 1. The monoisotopic (exact) mass is 375 g/mol. The molecular formula is C18H15F2N3O2S. The third kappa shape index (κ3) is 3.38. The molecule has 1 N–H and O–H groups in total. The van der Waals surface area contributed by atoms with Crippen LogP contribution in [0.25, 0.3) is 10.2 Å². The summed E-state index contributed by atoms with van der Waals surface area (Å²) < 4.78 is 33.6. The maximum absolute atomic E-state index is 14.0. The number of hydrogen-bond donors (Lipinski definition) is 1. The van der Waals surface area contributed by atoms with Gasteiger partial charge in [0.15, 0.2) is 5.13 Å². The molecule has 26 heavy (non-hydrogen) atoms. The molecular weight excluding hydrogens is 360 g/mol. The van der Waals surface area contributed by atoms with Gasteiger partial charge in [-0.05, 0) is 18.2 Å². The van der Waals surface area contributed by atoms with E-state index in [1.165, 1.54) is 23.5 Å². The van der Waals surface area contributed by atoms with Crippen LogP contribution in [0, 0.1) is 11.6 Å². The van der Waals surface area contributed by atoms with Crippen molar-refractivity contribution in [2.24, 2.45) is 0 Å². The van der Waals surface area contributed by atoms with Crippen molar-refractivity contribution in [2.75, 3.05) is 25.0 Å². The smallest absolute Gasteiger partial charge is 0.323 e. The van der Waals surface area contributed by atoms with Crippen LogP contribution in [0.15, 0.2) is 42.5 Å². The first-order valence-electron chi connectivity index (χ1n) is 8.08. The zero-order chi connectivity index (χ0) is 18.1. The Hall–Kier alpha value is -2.58. The van der Waals surface area contributed by atoms with Crippen LogP contribution in [0.1, 0.15) is 11.7 Å². The van der Waals surface area contributed by atoms with E-state index in [1.807, 2.05) is 24.3 Å². The summed E-state index contributed by atoms with van der Waals surface area (Å²) in [6.45, 7) is 0.837. The molecule has 4 rings (SSSR count). The average Bonchev–Trinajstić information content (AvgIpc) is 3.04. The fourth-order valence-corrected chi connectivity index (χ4v) is 3.74. The third-order valence-electron chi connectivity index (χ3n) is 4.17. The number of rotatable bonds is 2. The Morgan fingerprint density at radius 3 is 2.92 bits per heavy atom. The van der Waals surface area contributed by atoms with Gasteiger partial charge in [-0.3, -0.25) is 5.32 Å². The molecule has 2 heterocycles. The molecule has 0 spiro atoms. The lowest BCUT2D eigenvalue weighted by Gasteiger charge is -2.33. The summed E-state index contributed by atoms with van der Waals surface area (Å²) in [6, 6.07) is 10.6. The molecule has 1 atom stereocenters. The predicted octanol–water partition coefficient (Wildman–Crippen LogP) is 4.18. The zero-order valence-corrected chi connectivity index (χ0v) is 14.4. The van der Waals surface area contributed by atoms with Crippen LogP contribution >= 0.6 is 11.3 Å². The summed E-state index contributed by atoms with van der Waals surface area (Å²) in [7, 11) is 0. The highest BCUT2D eigenvalue weighted by Gasteiger charge is 2.27. The van der Waals surface area contributed by atoms with Crippen LogP contribution in [0.4, 0.5) is 18.7 Å². The van der Waals surface area contributed by atoms with Crippen molar-refractivity contribution in [2.45, 2.75) is 6.10 Å². The van der Waals surface area contributed by atoms with Gasteiger partial charge < -0.3 is 9.64 Å². The van der Waals surface area contributed by atoms with Gasteiger partial charge >= 0.3 is 6.03 Å². The molecule has 0 bridgehead atoms. The number of aromatic nitrogens is 1. The highest BCUT2D eigenvalue weighted by Crippen LogP contribution is 2.28. The molecule has 0 aliphatic carbocycles. The van der Waals surface area contributed by atoms with Crippen molar-refractivity contribution in [1.29, 1.82) is 0 Å². The number of fused-ring (bicyclic) bond motifs is 1. The van der Waals surface area contributed by atoms with Crippen LogP contribution in [0.5, 0.6) is 0 Å². The van der Waals surface area contributed by atoms with Crippen molar-refractivity contribution in [3.63, 3.8) is 0 Å². The Bertz CT molecular complexity index is 930. The number of anilines is 1. The van der Waals surface area contributed by atoms with Crippen molar-refractivity contribution < 1.29 is 18.3 Å². The molecule has 1 aliphatic rings. The number of urea groups is 1. The topological polar surface area (TPSA) is 54.5 Å². The van der Waals surface area contributed by atoms with E-state index >= 15 is 0 Å². The lowest BCUT2D eigenvalue weighted by atomic mass is 10.1. The van der Waals surface area contributed by atoms with Gasteiger partial charge in [-0.2, -0.15) is 0 Å². The summed E-state index contributed by atoms with van der Waals surface area (Å²) in [5, 5.41) is 3.29. The van der Waals surface area contributed by atoms with Crippen molar-refractivity contribution in [3.8, 4) is 0 Å². The Kier molecular flexibility index (Phi) is 4.52. The Balaban J connectivity index is 1.47. The summed E-state index contributed by atoms with van der Waals surface area (Å²) in [5.41, 5.74) is 1.06. The Labute approximate surface area is 152 Å². The maximum atomic E-state index is 14.0. The van der Waals surface area contributed by atoms with Gasteiger partial charge in [0.25, 0.3) is 0 Å². The van der Waals surface area contributed by atoms with Crippen LogP contribution in [0.2, 0.25) is 0 Å². The van der Waals surface area contributed by atoms with E-state index in [1.54, 1.807) is 4.90 Å². The molecule has 2 aromatic carbocycles. The highest BCUT2D eigenvalue weighted by atomic mass is 32.1. The lowest BCUT2D eigenvalue weighted by molar-refractivity contribution is -0.0152. The SMILES string of the molecule is O=C(Nc1nc2ccccc2s1)N1CCOC(c2ccc(F)cc2F)C1. The molecule has 0 saturated carbocycles. The van der Waals surface area contributed by atoms with E-state index in [9.17, 15) is 13.6 Å². The molecule has 0 radical (unpaired) electrons. The minimum atomic E-state index is -0.677. The number of nitrogens with zero attached hydrogens (tertiary/aromatic N) is 2. The van der Waals surface area contributed by atoms with Gasteiger partial charge in [-0.15, -0.1) is 0 Å². The van der Waals surface area contributed by atoms with E-state index in [4.69, 9.17) is 4.74 Å². The van der Waals surface area contributed by atoms with E-state index < -0.39 is 17.7 Å². The molecule has 3 aromatic rings. The maximum Gasteiger partial charge on any atom is 0.323 e. The third-order valence-corrected chi connectivity index (χ3v) is 5.12. The Morgan fingerprint density at radius 1 is 1.27 bits per heavy atom. The van der Waals surface area contributed by atoms with E-state index in [2.05, 4.69) is 10.3 Å². The molecule has 134 valence electrons. The molecule has 5 nitrogen and oxygen atoms in total. The van der Waals surface area contributed by atoms with Gasteiger partial charge in [-0.25, -0.2) is 18.6 Å². The summed E-state index contributed by atoms with van der Waals surface area (Å²) in [6.07, 6.45) is -0.634. The van der Waals surface area contributed by atoms with Crippen LogP contribution in [-0.2, 0) is 4.74 Å². The predicted molar refractivity (Wildman–Crippen MR) is 95.3 cm³/mol. The number of halogens is 2. The average molecular weight is 375 g/mol. The number of amides is 2. The Morgan fingerprint density at radius 2 is 2.12 bits per heavy atom. The zero-order valence-electron chi connectivity index (χ0n) is 13.6. The van der Waals surface area contributed by atoms with Gasteiger partial charge in [0.2, 0.25) is 0 Å². The van der Waals surface area contributed by atoms with Crippen molar-refractivity contribution in [3.05, 3.63) is 59.7 Å². The first-order chi connectivity index (χ1) is 12.6. The second kappa shape index (κ2) is 6.97. The van der Waals surface area contributed by atoms with Gasteiger partial charge in [0.1, 0.15) is 17.7 Å². The number of carbonyl (C=O) groups is 1. The molecule has 1 unspecified atom stereocenters. The van der Waals surface area contributed by atoms with Crippen molar-refractivity contribution in [1.82, 2.24) is 9.88 Å². The largest absolute Gasteiger partial charge is 0.370 e. The van der Waals surface area contributed by atoms with Gasteiger partial charge in [-0.1, -0.05) is 29.5 Å². The number of benzene rings is 2. The molecule has 1 saturated heterocycles. The minimum absolute atomic E-state index is 0.180. The van der Waals surface area contributed by atoms with Gasteiger partial charge in [0.05, 0.1) is 23.4 Å². The highest BCUT2D eigenvalue weighted by molar-refractivity contribution is 7.22. The second-order valence-electron chi connectivity index (χ2n) is 5.89. The number of morpholine rings is 1. The number of ether oxygens (including phenoxy) is 1. The summed E-state index contributed by atoms with van der Waals surface area (Å²) >= 11 is 1.39. The molecule has 1 fully saturated rings. The number of thiazole rings is 1. The summed E-state index contributed by atoms with van der Waals surface area (Å²) in [4.78, 5) is 18.5. The number of hydrogen-bond acceptors (Lipinski definition) is 4. The lowest BCUT2D eigenvalue weighted by Crippen LogP contribution is -2.44. The van der Waals surface area contributed by atoms with E-state index in [0.717, 1.165) is 16.3 Å². The van der Waals surface area contributed by atoms with E-state index in [0.29, 0.717) is 11.7 Å². The fraction of sp³-hybridized carbons (Fsp3) is 0.222. The van der Waals surface area contributed by atoms with Crippen LogP contribution in [0.3, 0.4) is 0 Å². The first-order valence-corrected chi connectivity index (χ1v) is 8.90. The van der Waals surface area contributed by atoms with Crippen LogP contribution < -0.4 is 5.32 Å². The molecule has 2 amide bonds. The normalized spacial score (nSPS) is 17.5. The molecule has 1 aromatic heterocycles. The first kappa shape index (κ1) is 16.9. The van der Waals surface area contributed by atoms with Crippen LogP contribution in [-0.4, -0.2) is 35.6 Å². The molecule has 1 aliphatic heterocycles. The number of para-hydroxylation sites is 1. The minimum Gasteiger partial charge on any atom is -0.370 e. The molecule has 8 heteroatoms.